The third kappa shape index (κ3) is 7.07. The van der Waals surface area contributed by atoms with E-state index >= 15 is 4.39 Å². The summed E-state index contributed by atoms with van der Waals surface area (Å²) in [7, 11) is 1.60. The van der Waals surface area contributed by atoms with Gasteiger partial charge in [0.2, 0.25) is 0 Å². The molecule has 0 aliphatic rings. The SMILES string of the molecule is COCCc1ccc(CCc2ccc3c(F)c(CCc4ccc(OC(F)(F)F)c(F)c4)ccc3c2)c(F)c1. The van der Waals surface area contributed by atoms with Crippen molar-refractivity contribution in [2.24, 2.45) is 0 Å². The number of benzene rings is 4. The van der Waals surface area contributed by atoms with E-state index in [2.05, 4.69) is 4.74 Å². The maximum atomic E-state index is 15.2. The lowest BCUT2D eigenvalue weighted by Gasteiger charge is -2.11. The van der Waals surface area contributed by atoms with Crippen molar-refractivity contribution in [3.8, 4) is 5.75 Å². The summed E-state index contributed by atoms with van der Waals surface area (Å²) in [6.07, 6.45) is -2.77. The van der Waals surface area contributed by atoms with Gasteiger partial charge >= 0.3 is 6.36 Å². The lowest BCUT2D eigenvalue weighted by molar-refractivity contribution is -0.275. The van der Waals surface area contributed by atoms with E-state index in [1.165, 1.54) is 12.1 Å². The molecule has 0 aliphatic carbocycles. The number of hydrogen-bond acceptors (Lipinski definition) is 2. The number of ether oxygens (including phenoxy) is 2. The van der Waals surface area contributed by atoms with Gasteiger partial charge in [-0.2, -0.15) is 0 Å². The lowest BCUT2D eigenvalue weighted by Crippen LogP contribution is -2.18. The second-order valence-corrected chi connectivity index (χ2v) is 9.08. The highest BCUT2D eigenvalue weighted by Gasteiger charge is 2.32. The van der Waals surface area contributed by atoms with Crippen molar-refractivity contribution in [1.29, 1.82) is 0 Å². The quantitative estimate of drug-likeness (QED) is 0.193. The number of halogens is 6. The number of methoxy groups -OCH3 is 1. The maximum absolute atomic E-state index is 15.2. The van der Waals surface area contributed by atoms with Crippen molar-refractivity contribution in [1.82, 2.24) is 0 Å². The highest BCUT2D eigenvalue weighted by Crippen LogP contribution is 2.28. The molecule has 0 amide bonds. The third-order valence-corrected chi connectivity index (χ3v) is 6.40. The van der Waals surface area contributed by atoms with Crippen LogP contribution in [-0.4, -0.2) is 20.1 Å². The van der Waals surface area contributed by atoms with E-state index in [9.17, 15) is 22.0 Å². The Labute approximate surface area is 216 Å². The Morgan fingerprint density at radius 3 is 1.92 bits per heavy atom. The Kier molecular flexibility index (Phi) is 8.62. The van der Waals surface area contributed by atoms with Gasteiger partial charge in [0.15, 0.2) is 11.6 Å². The van der Waals surface area contributed by atoms with Gasteiger partial charge in [-0.3, -0.25) is 0 Å². The van der Waals surface area contributed by atoms with Gasteiger partial charge in [-0.05, 0) is 83.5 Å². The van der Waals surface area contributed by atoms with Crippen molar-refractivity contribution in [2.45, 2.75) is 38.5 Å². The first-order valence-electron chi connectivity index (χ1n) is 12.1. The molecule has 0 radical (unpaired) electrons. The molecule has 4 aromatic rings. The van der Waals surface area contributed by atoms with Gasteiger partial charge in [0.05, 0.1) is 6.61 Å². The molecule has 0 spiro atoms. The van der Waals surface area contributed by atoms with Crippen LogP contribution in [0.25, 0.3) is 10.8 Å². The largest absolute Gasteiger partial charge is 0.573 e. The molecule has 4 aromatic carbocycles. The monoisotopic (exact) mass is 532 g/mol. The topological polar surface area (TPSA) is 18.5 Å². The normalized spacial score (nSPS) is 11.8. The molecular weight excluding hydrogens is 506 g/mol. The number of alkyl halides is 3. The average molecular weight is 533 g/mol. The molecule has 0 unspecified atom stereocenters. The molecule has 0 atom stereocenters. The predicted octanol–water partition coefficient (Wildman–Crippen LogP) is 7.92. The van der Waals surface area contributed by atoms with Gasteiger partial charge in [0, 0.05) is 12.5 Å². The summed E-state index contributed by atoms with van der Waals surface area (Å²) in [4.78, 5) is 0. The van der Waals surface area contributed by atoms with Crippen LogP contribution < -0.4 is 4.74 Å². The zero-order valence-electron chi connectivity index (χ0n) is 20.7. The summed E-state index contributed by atoms with van der Waals surface area (Å²) in [5.74, 6) is -2.69. The molecule has 0 N–H and O–H groups in total. The minimum Gasteiger partial charge on any atom is -0.403 e. The first-order valence-corrected chi connectivity index (χ1v) is 12.1. The first-order chi connectivity index (χ1) is 18.1. The molecule has 0 fully saturated rings. The second kappa shape index (κ2) is 11.9. The molecule has 0 aromatic heterocycles. The highest BCUT2D eigenvalue weighted by atomic mass is 19.4. The Bertz CT molecular complexity index is 1410. The molecule has 2 nitrogen and oxygen atoms in total. The average Bonchev–Trinajstić information content (AvgIpc) is 2.87. The van der Waals surface area contributed by atoms with Crippen molar-refractivity contribution in [2.75, 3.05) is 13.7 Å². The Hall–Kier alpha value is -3.52. The van der Waals surface area contributed by atoms with E-state index in [-0.39, 0.29) is 18.7 Å². The van der Waals surface area contributed by atoms with Crippen molar-refractivity contribution in [3.05, 3.63) is 112 Å². The fraction of sp³-hybridized carbons (Fsp3) is 0.267. The van der Waals surface area contributed by atoms with Gasteiger partial charge in [0.25, 0.3) is 0 Å². The maximum Gasteiger partial charge on any atom is 0.573 e. The number of rotatable bonds is 10. The van der Waals surface area contributed by atoms with Crippen LogP contribution in [0.15, 0.2) is 66.7 Å². The standard InChI is InChI=1S/C30H26F6O2/c1-37-15-14-21-3-8-22(26(31)17-21)7-2-19-5-12-25-24(16-19)11-10-23(29(25)33)9-4-20-6-13-28(27(32)18-20)38-30(34,35)36/h3,5-6,8,10-13,16-18H,2,4,7,9,14-15H2,1H3. The van der Waals surface area contributed by atoms with Crippen molar-refractivity contribution >= 4 is 10.8 Å². The summed E-state index contributed by atoms with van der Waals surface area (Å²) in [6, 6.07) is 17.2. The first kappa shape index (κ1) is 27.5. The van der Waals surface area contributed by atoms with Crippen LogP contribution in [0.3, 0.4) is 0 Å². The van der Waals surface area contributed by atoms with Crippen LogP contribution >= 0.6 is 0 Å². The van der Waals surface area contributed by atoms with Gasteiger partial charge in [-0.1, -0.05) is 48.5 Å². The van der Waals surface area contributed by atoms with Gasteiger partial charge < -0.3 is 9.47 Å². The molecule has 0 bridgehead atoms. The van der Waals surface area contributed by atoms with E-state index in [0.29, 0.717) is 53.3 Å². The van der Waals surface area contributed by atoms with Crippen LogP contribution in [0.2, 0.25) is 0 Å². The summed E-state index contributed by atoms with van der Waals surface area (Å²) >= 11 is 0. The summed E-state index contributed by atoms with van der Waals surface area (Å²) in [5.41, 5.74) is 3.27. The minimum atomic E-state index is -4.98. The molecule has 0 aliphatic heterocycles. The van der Waals surface area contributed by atoms with E-state index in [4.69, 9.17) is 4.74 Å². The summed E-state index contributed by atoms with van der Waals surface area (Å²) in [5, 5.41) is 1.14. The van der Waals surface area contributed by atoms with Crippen LogP contribution in [0.5, 0.6) is 5.75 Å². The Morgan fingerprint density at radius 1 is 0.632 bits per heavy atom. The van der Waals surface area contributed by atoms with Gasteiger partial charge in [-0.25, -0.2) is 13.2 Å². The van der Waals surface area contributed by atoms with E-state index in [1.807, 2.05) is 18.2 Å². The summed E-state index contributed by atoms with van der Waals surface area (Å²) < 4.78 is 89.3. The molecule has 0 heterocycles. The Balaban J connectivity index is 1.41. The molecule has 8 heteroatoms. The van der Waals surface area contributed by atoms with Crippen molar-refractivity contribution in [3.63, 3.8) is 0 Å². The molecule has 200 valence electrons. The zero-order valence-corrected chi connectivity index (χ0v) is 20.7. The van der Waals surface area contributed by atoms with Gasteiger partial charge in [-0.15, -0.1) is 13.2 Å². The fourth-order valence-electron chi connectivity index (χ4n) is 4.37. The van der Waals surface area contributed by atoms with Crippen molar-refractivity contribution < 1.29 is 35.8 Å². The lowest BCUT2D eigenvalue weighted by atomic mass is 9.97. The van der Waals surface area contributed by atoms with Crippen LogP contribution in [0.4, 0.5) is 26.3 Å². The molecule has 38 heavy (non-hydrogen) atoms. The Morgan fingerprint density at radius 2 is 1.24 bits per heavy atom. The van der Waals surface area contributed by atoms with E-state index < -0.39 is 23.7 Å². The number of hydrogen-bond donors (Lipinski definition) is 0. The number of fused-ring (bicyclic) bond motifs is 1. The zero-order chi connectivity index (χ0) is 27.3. The van der Waals surface area contributed by atoms with Crippen LogP contribution in [-0.2, 0) is 36.8 Å². The van der Waals surface area contributed by atoms with Crippen LogP contribution in [0.1, 0.15) is 27.8 Å². The van der Waals surface area contributed by atoms with E-state index in [1.54, 1.807) is 31.4 Å². The molecule has 4 rings (SSSR count). The minimum absolute atomic E-state index is 0.236. The number of aryl methyl sites for hydroxylation is 4. The second-order valence-electron chi connectivity index (χ2n) is 9.08. The smallest absolute Gasteiger partial charge is 0.403 e. The van der Waals surface area contributed by atoms with Gasteiger partial charge in [0.1, 0.15) is 11.6 Å². The van der Waals surface area contributed by atoms with E-state index in [0.717, 1.165) is 23.3 Å². The predicted molar refractivity (Wildman–Crippen MR) is 134 cm³/mol. The fourth-order valence-corrected chi connectivity index (χ4v) is 4.37. The molecule has 0 saturated heterocycles. The molecule has 0 saturated carbocycles. The summed E-state index contributed by atoms with van der Waals surface area (Å²) in [6.45, 7) is 0.528. The third-order valence-electron chi connectivity index (χ3n) is 6.40. The van der Waals surface area contributed by atoms with Crippen LogP contribution in [0, 0.1) is 17.5 Å². The molecular formula is C30H26F6O2. The highest BCUT2D eigenvalue weighted by molar-refractivity contribution is 5.84.